The van der Waals surface area contributed by atoms with Crippen LogP contribution in [0.2, 0.25) is 0 Å². The summed E-state index contributed by atoms with van der Waals surface area (Å²) in [5, 5.41) is 0. The Bertz CT molecular complexity index is 665. The van der Waals surface area contributed by atoms with E-state index in [4.69, 9.17) is 9.47 Å². The molecule has 0 saturated carbocycles. The first-order chi connectivity index (χ1) is 13.0. The van der Waals surface area contributed by atoms with Crippen LogP contribution >= 0.6 is 0 Å². The van der Waals surface area contributed by atoms with Crippen LogP contribution in [-0.4, -0.2) is 92.1 Å². The number of amides is 2. The van der Waals surface area contributed by atoms with E-state index in [2.05, 4.69) is 4.90 Å². The fourth-order valence-electron chi connectivity index (χ4n) is 3.45. The molecule has 0 aromatic heterocycles. The Hall–Kier alpha value is -2.12. The second kappa shape index (κ2) is 9.19. The van der Waals surface area contributed by atoms with Crippen molar-refractivity contribution in [2.24, 2.45) is 0 Å². The van der Waals surface area contributed by atoms with E-state index in [1.807, 2.05) is 36.9 Å². The van der Waals surface area contributed by atoms with E-state index >= 15 is 0 Å². The minimum atomic E-state index is -0.0322. The SMILES string of the molecule is Cc1ccc(OCC(=O)N2CCN(C(=O)CN3CCOCC3)CC2)c(C)c1. The monoisotopic (exact) mass is 375 g/mol. The average molecular weight is 375 g/mol. The standard InChI is InChI=1S/C20H29N3O4/c1-16-3-4-18(17(2)13-16)27-15-20(25)23-7-5-22(6-8-23)19(24)14-21-9-11-26-12-10-21/h3-4,13H,5-12,14-15H2,1-2H3. The van der Waals surface area contributed by atoms with Crippen LogP contribution in [0.3, 0.4) is 0 Å². The number of nitrogens with zero attached hydrogens (tertiary/aromatic N) is 3. The fraction of sp³-hybridized carbons (Fsp3) is 0.600. The molecule has 0 aliphatic carbocycles. The molecular formula is C20H29N3O4. The van der Waals surface area contributed by atoms with Crippen molar-refractivity contribution >= 4 is 11.8 Å². The lowest BCUT2D eigenvalue weighted by Gasteiger charge is -2.36. The number of carbonyl (C=O) groups excluding carboxylic acids is 2. The van der Waals surface area contributed by atoms with Crippen molar-refractivity contribution in [1.29, 1.82) is 0 Å². The maximum absolute atomic E-state index is 12.4. The highest BCUT2D eigenvalue weighted by atomic mass is 16.5. The molecule has 0 unspecified atom stereocenters. The topological polar surface area (TPSA) is 62.3 Å². The Morgan fingerprint density at radius 3 is 2.22 bits per heavy atom. The molecular weight excluding hydrogens is 346 g/mol. The summed E-state index contributed by atoms with van der Waals surface area (Å²) in [6.45, 7) is 9.75. The molecule has 7 heteroatoms. The van der Waals surface area contributed by atoms with Crippen LogP contribution < -0.4 is 4.74 Å². The predicted molar refractivity (Wildman–Crippen MR) is 102 cm³/mol. The minimum Gasteiger partial charge on any atom is -0.484 e. The van der Waals surface area contributed by atoms with Gasteiger partial charge in [0.15, 0.2) is 6.61 Å². The van der Waals surface area contributed by atoms with Gasteiger partial charge in [0.25, 0.3) is 5.91 Å². The van der Waals surface area contributed by atoms with Crippen LogP contribution in [0, 0.1) is 13.8 Å². The first-order valence-corrected chi connectivity index (χ1v) is 9.58. The zero-order valence-corrected chi connectivity index (χ0v) is 16.3. The summed E-state index contributed by atoms with van der Waals surface area (Å²) in [6.07, 6.45) is 0. The lowest BCUT2D eigenvalue weighted by molar-refractivity contribution is -0.141. The van der Waals surface area contributed by atoms with Crippen LogP contribution in [0.4, 0.5) is 0 Å². The van der Waals surface area contributed by atoms with Gasteiger partial charge in [-0.15, -0.1) is 0 Å². The van der Waals surface area contributed by atoms with Crippen LogP contribution in [0.5, 0.6) is 5.75 Å². The van der Waals surface area contributed by atoms with E-state index in [1.54, 1.807) is 4.90 Å². The number of benzene rings is 1. The van der Waals surface area contributed by atoms with Gasteiger partial charge in [-0.25, -0.2) is 0 Å². The number of hydrogen-bond donors (Lipinski definition) is 0. The number of rotatable bonds is 5. The minimum absolute atomic E-state index is 0.0322. The number of aryl methyl sites for hydroxylation is 2. The van der Waals surface area contributed by atoms with Crippen LogP contribution in [0.15, 0.2) is 18.2 Å². The molecule has 2 fully saturated rings. The molecule has 0 radical (unpaired) electrons. The van der Waals surface area contributed by atoms with Crippen molar-refractivity contribution in [2.45, 2.75) is 13.8 Å². The average Bonchev–Trinajstić information content (AvgIpc) is 2.68. The van der Waals surface area contributed by atoms with Gasteiger partial charge in [-0.05, 0) is 25.5 Å². The zero-order chi connectivity index (χ0) is 19.2. The van der Waals surface area contributed by atoms with Gasteiger partial charge in [0, 0.05) is 39.3 Å². The van der Waals surface area contributed by atoms with Gasteiger partial charge in [0.1, 0.15) is 5.75 Å². The second-order valence-corrected chi connectivity index (χ2v) is 7.21. The smallest absolute Gasteiger partial charge is 0.260 e. The quantitative estimate of drug-likeness (QED) is 0.758. The highest BCUT2D eigenvalue weighted by Gasteiger charge is 2.25. The Kier molecular flexibility index (Phi) is 6.68. The van der Waals surface area contributed by atoms with E-state index in [0.29, 0.717) is 45.9 Å². The molecule has 2 heterocycles. The molecule has 0 spiro atoms. The van der Waals surface area contributed by atoms with E-state index < -0.39 is 0 Å². The summed E-state index contributed by atoms with van der Waals surface area (Å²) in [7, 11) is 0. The van der Waals surface area contributed by atoms with E-state index in [9.17, 15) is 9.59 Å². The molecule has 2 aliphatic rings. The lowest BCUT2D eigenvalue weighted by atomic mass is 10.1. The Labute approximate surface area is 160 Å². The van der Waals surface area contributed by atoms with Gasteiger partial charge in [-0.3, -0.25) is 14.5 Å². The molecule has 2 saturated heterocycles. The third-order valence-corrected chi connectivity index (χ3v) is 5.13. The highest BCUT2D eigenvalue weighted by Crippen LogP contribution is 2.18. The second-order valence-electron chi connectivity index (χ2n) is 7.21. The van der Waals surface area contributed by atoms with Crippen molar-refractivity contribution in [3.05, 3.63) is 29.3 Å². The van der Waals surface area contributed by atoms with Crippen molar-refractivity contribution in [2.75, 3.05) is 65.6 Å². The first kappa shape index (κ1) is 19.6. The molecule has 1 aromatic rings. The van der Waals surface area contributed by atoms with E-state index in [1.165, 1.54) is 5.56 Å². The molecule has 27 heavy (non-hydrogen) atoms. The molecule has 3 rings (SSSR count). The van der Waals surface area contributed by atoms with Crippen LogP contribution in [0.1, 0.15) is 11.1 Å². The molecule has 7 nitrogen and oxygen atoms in total. The summed E-state index contributed by atoms with van der Waals surface area (Å²) in [6, 6.07) is 5.92. The molecule has 0 atom stereocenters. The summed E-state index contributed by atoms with van der Waals surface area (Å²) in [4.78, 5) is 30.6. The van der Waals surface area contributed by atoms with E-state index in [0.717, 1.165) is 24.4 Å². The van der Waals surface area contributed by atoms with Gasteiger partial charge in [-0.1, -0.05) is 17.7 Å². The van der Waals surface area contributed by atoms with Gasteiger partial charge < -0.3 is 19.3 Å². The summed E-state index contributed by atoms with van der Waals surface area (Å²) >= 11 is 0. The van der Waals surface area contributed by atoms with Crippen molar-refractivity contribution < 1.29 is 19.1 Å². The van der Waals surface area contributed by atoms with Crippen LogP contribution in [-0.2, 0) is 14.3 Å². The molecule has 0 N–H and O–H groups in total. The molecule has 2 aliphatic heterocycles. The van der Waals surface area contributed by atoms with Gasteiger partial charge >= 0.3 is 0 Å². The number of morpholine rings is 1. The lowest BCUT2D eigenvalue weighted by Crippen LogP contribution is -2.54. The molecule has 2 amide bonds. The van der Waals surface area contributed by atoms with Gasteiger partial charge in [0.05, 0.1) is 19.8 Å². The number of piperazine rings is 1. The summed E-state index contributed by atoms with van der Waals surface area (Å²) < 4.78 is 11.0. The molecule has 0 bridgehead atoms. The highest BCUT2D eigenvalue weighted by molar-refractivity contribution is 5.80. The zero-order valence-electron chi connectivity index (χ0n) is 16.3. The third kappa shape index (κ3) is 5.43. The fourth-order valence-corrected chi connectivity index (χ4v) is 3.45. The predicted octanol–water partition coefficient (Wildman–Crippen LogP) is 0.685. The Morgan fingerprint density at radius 2 is 1.59 bits per heavy atom. The molecule has 148 valence electrons. The van der Waals surface area contributed by atoms with Crippen molar-refractivity contribution in [1.82, 2.24) is 14.7 Å². The Balaban J connectivity index is 1.41. The number of ether oxygens (including phenoxy) is 2. The summed E-state index contributed by atoms with van der Waals surface area (Å²) in [5.74, 6) is 0.846. The largest absolute Gasteiger partial charge is 0.484 e. The first-order valence-electron chi connectivity index (χ1n) is 9.58. The van der Waals surface area contributed by atoms with Gasteiger partial charge in [-0.2, -0.15) is 0 Å². The van der Waals surface area contributed by atoms with Crippen molar-refractivity contribution in [3.63, 3.8) is 0 Å². The number of carbonyl (C=O) groups is 2. The Morgan fingerprint density at radius 1 is 0.963 bits per heavy atom. The normalized spacial score (nSPS) is 18.4. The maximum Gasteiger partial charge on any atom is 0.260 e. The number of hydrogen-bond acceptors (Lipinski definition) is 5. The van der Waals surface area contributed by atoms with Crippen molar-refractivity contribution in [3.8, 4) is 5.75 Å². The third-order valence-electron chi connectivity index (χ3n) is 5.13. The van der Waals surface area contributed by atoms with Gasteiger partial charge in [0.2, 0.25) is 5.91 Å². The maximum atomic E-state index is 12.4. The van der Waals surface area contributed by atoms with Crippen LogP contribution in [0.25, 0.3) is 0 Å². The molecule has 1 aromatic carbocycles. The van der Waals surface area contributed by atoms with E-state index in [-0.39, 0.29) is 18.4 Å². The summed E-state index contributed by atoms with van der Waals surface area (Å²) in [5.41, 5.74) is 2.20.